The minimum atomic E-state index is 0.572. The second kappa shape index (κ2) is 6.41. The molecule has 24 heavy (non-hydrogen) atoms. The molecule has 0 saturated heterocycles. The molecule has 0 aliphatic rings. The highest BCUT2D eigenvalue weighted by Crippen LogP contribution is 2.32. The summed E-state index contributed by atoms with van der Waals surface area (Å²) >= 11 is 0. The highest BCUT2D eigenvalue weighted by molar-refractivity contribution is 5.98. The number of hydrogen-bond donors (Lipinski definition) is 0. The lowest BCUT2D eigenvalue weighted by molar-refractivity contribution is -0.883. The number of nitrogens with zero attached hydrogens (tertiary/aromatic N) is 1. The molecule has 124 valence electrons. The summed E-state index contributed by atoms with van der Waals surface area (Å²) in [5.41, 5.74) is 5.43. The van der Waals surface area contributed by atoms with Crippen LogP contribution in [0.25, 0.3) is 21.9 Å². The third-order valence-corrected chi connectivity index (χ3v) is 4.55. The first kappa shape index (κ1) is 16.7. The van der Waals surface area contributed by atoms with Crippen LogP contribution in [0.1, 0.15) is 30.9 Å². The molecule has 0 saturated carbocycles. The monoisotopic (exact) mass is 318 g/mol. The molecule has 0 fully saturated rings. The van der Waals surface area contributed by atoms with Gasteiger partial charge in [0.1, 0.15) is 6.54 Å². The topological polar surface area (TPSA) is 0 Å². The Morgan fingerprint density at radius 3 is 1.96 bits per heavy atom. The van der Waals surface area contributed by atoms with E-state index in [0.717, 1.165) is 11.0 Å². The van der Waals surface area contributed by atoms with Crippen LogP contribution in [0, 0.1) is 0 Å². The summed E-state index contributed by atoms with van der Waals surface area (Å²) in [5, 5.41) is 2.72. The van der Waals surface area contributed by atoms with Crippen molar-refractivity contribution >= 4 is 10.8 Å². The van der Waals surface area contributed by atoms with Crippen LogP contribution in [0.2, 0.25) is 0 Å². The van der Waals surface area contributed by atoms with E-state index in [1.165, 1.54) is 33.0 Å². The standard InChI is InChI=1S/C23H28N/c1-17(2)18-10-12-19(13-11-18)22-15-14-20(16-24(3,4)5)21-8-6-7-9-23(21)22/h6-15,17H,16H2,1-5H3/q+1. The van der Waals surface area contributed by atoms with Crippen molar-refractivity contribution < 1.29 is 4.48 Å². The summed E-state index contributed by atoms with van der Waals surface area (Å²) < 4.78 is 0.937. The van der Waals surface area contributed by atoms with Gasteiger partial charge in [0.15, 0.2) is 0 Å². The molecule has 0 N–H and O–H groups in total. The van der Waals surface area contributed by atoms with Gasteiger partial charge in [-0.05, 0) is 33.4 Å². The molecule has 3 aromatic carbocycles. The normalized spacial score (nSPS) is 12.1. The predicted octanol–water partition coefficient (Wildman–Crippen LogP) is 5.84. The molecule has 3 rings (SSSR count). The zero-order valence-corrected chi connectivity index (χ0v) is 15.5. The minimum Gasteiger partial charge on any atom is -0.327 e. The Bertz CT molecular complexity index is 836. The maximum atomic E-state index is 2.30. The van der Waals surface area contributed by atoms with Crippen LogP contribution >= 0.6 is 0 Å². The van der Waals surface area contributed by atoms with Gasteiger partial charge in [0.05, 0.1) is 21.1 Å². The summed E-state index contributed by atoms with van der Waals surface area (Å²) in [4.78, 5) is 0. The number of quaternary nitrogens is 1. The van der Waals surface area contributed by atoms with Crippen molar-refractivity contribution in [3.8, 4) is 11.1 Å². The van der Waals surface area contributed by atoms with Crippen molar-refractivity contribution in [2.45, 2.75) is 26.3 Å². The zero-order valence-electron chi connectivity index (χ0n) is 15.5. The summed E-state index contributed by atoms with van der Waals surface area (Å²) in [7, 11) is 6.73. The molecule has 0 bridgehead atoms. The maximum Gasteiger partial charge on any atom is 0.104 e. The van der Waals surface area contributed by atoms with Crippen LogP contribution in [0.5, 0.6) is 0 Å². The molecule has 1 nitrogen and oxygen atoms in total. The van der Waals surface area contributed by atoms with E-state index in [4.69, 9.17) is 0 Å². The van der Waals surface area contributed by atoms with E-state index in [2.05, 4.69) is 95.7 Å². The van der Waals surface area contributed by atoms with Crippen molar-refractivity contribution in [1.82, 2.24) is 0 Å². The Labute approximate surface area is 146 Å². The average molecular weight is 318 g/mol. The van der Waals surface area contributed by atoms with Gasteiger partial charge in [-0.15, -0.1) is 0 Å². The van der Waals surface area contributed by atoms with Crippen LogP contribution in [0.15, 0.2) is 60.7 Å². The molecule has 0 aliphatic heterocycles. The Hall–Kier alpha value is -2.12. The van der Waals surface area contributed by atoms with Crippen LogP contribution in [-0.4, -0.2) is 25.6 Å². The summed E-state index contributed by atoms with van der Waals surface area (Å²) in [6, 6.07) is 22.4. The lowest BCUT2D eigenvalue weighted by Crippen LogP contribution is -2.33. The molecule has 0 aliphatic carbocycles. The van der Waals surface area contributed by atoms with Gasteiger partial charge in [0, 0.05) is 5.56 Å². The zero-order chi connectivity index (χ0) is 17.3. The average Bonchev–Trinajstić information content (AvgIpc) is 2.54. The highest BCUT2D eigenvalue weighted by atomic mass is 15.3. The fourth-order valence-corrected chi connectivity index (χ4v) is 3.31. The first-order chi connectivity index (χ1) is 11.3. The van der Waals surface area contributed by atoms with Gasteiger partial charge >= 0.3 is 0 Å². The first-order valence-corrected chi connectivity index (χ1v) is 8.76. The fraction of sp³-hybridized carbons (Fsp3) is 0.304. The number of benzene rings is 3. The van der Waals surface area contributed by atoms with Crippen LogP contribution in [-0.2, 0) is 6.54 Å². The summed E-state index contributed by atoms with van der Waals surface area (Å²) in [6.07, 6.45) is 0. The van der Waals surface area contributed by atoms with Gasteiger partial charge in [-0.25, -0.2) is 0 Å². The van der Waals surface area contributed by atoms with E-state index in [-0.39, 0.29) is 0 Å². The molecule has 0 aromatic heterocycles. The van der Waals surface area contributed by atoms with Gasteiger partial charge in [-0.2, -0.15) is 0 Å². The summed E-state index contributed by atoms with van der Waals surface area (Å²) in [6.45, 7) is 5.51. The molecule has 0 atom stereocenters. The first-order valence-electron chi connectivity index (χ1n) is 8.76. The quantitative estimate of drug-likeness (QED) is 0.530. The van der Waals surface area contributed by atoms with E-state index in [1.54, 1.807) is 0 Å². The smallest absolute Gasteiger partial charge is 0.104 e. The van der Waals surface area contributed by atoms with E-state index in [1.807, 2.05) is 0 Å². The van der Waals surface area contributed by atoms with Gasteiger partial charge in [-0.3, -0.25) is 0 Å². The number of fused-ring (bicyclic) bond motifs is 1. The maximum absolute atomic E-state index is 2.30. The molecule has 1 heteroatoms. The lowest BCUT2D eigenvalue weighted by atomic mass is 9.93. The molecule has 0 unspecified atom stereocenters. The number of rotatable bonds is 4. The molecule has 3 aromatic rings. The van der Waals surface area contributed by atoms with Crippen LogP contribution in [0.4, 0.5) is 0 Å². The third-order valence-electron chi connectivity index (χ3n) is 4.55. The van der Waals surface area contributed by atoms with Gasteiger partial charge in [0.2, 0.25) is 0 Å². The van der Waals surface area contributed by atoms with E-state index in [0.29, 0.717) is 5.92 Å². The third kappa shape index (κ3) is 3.52. The van der Waals surface area contributed by atoms with Crippen molar-refractivity contribution in [3.63, 3.8) is 0 Å². The second-order valence-corrected chi connectivity index (χ2v) is 8.04. The lowest BCUT2D eigenvalue weighted by Gasteiger charge is -2.25. The SMILES string of the molecule is CC(C)c1ccc(-c2ccc(C[N+](C)(C)C)c3ccccc23)cc1. The van der Waals surface area contributed by atoms with Gasteiger partial charge in [-0.1, -0.05) is 74.5 Å². The molecular formula is C23H28N+. The molecule has 0 spiro atoms. The Kier molecular flexibility index (Phi) is 4.47. The highest BCUT2D eigenvalue weighted by Gasteiger charge is 2.14. The second-order valence-electron chi connectivity index (χ2n) is 8.04. The van der Waals surface area contributed by atoms with Gasteiger partial charge in [0.25, 0.3) is 0 Å². The van der Waals surface area contributed by atoms with Crippen LogP contribution < -0.4 is 0 Å². The minimum absolute atomic E-state index is 0.572. The molecule has 0 amide bonds. The number of hydrogen-bond acceptors (Lipinski definition) is 0. The van der Waals surface area contributed by atoms with Crippen LogP contribution in [0.3, 0.4) is 0 Å². The van der Waals surface area contributed by atoms with E-state index < -0.39 is 0 Å². The predicted molar refractivity (Wildman–Crippen MR) is 105 cm³/mol. The molecular weight excluding hydrogens is 290 g/mol. The van der Waals surface area contributed by atoms with E-state index in [9.17, 15) is 0 Å². The summed E-state index contributed by atoms with van der Waals surface area (Å²) in [5.74, 6) is 0.572. The Balaban J connectivity index is 2.11. The van der Waals surface area contributed by atoms with Crippen molar-refractivity contribution in [2.24, 2.45) is 0 Å². The van der Waals surface area contributed by atoms with E-state index >= 15 is 0 Å². The Morgan fingerprint density at radius 2 is 1.38 bits per heavy atom. The van der Waals surface area contributed by atoms with Crippen molar-refractivity contribution in [1.29, 1.82) is 0 Å². The molecule has 0 radical (unpaired) electrons. The largest absolute Gasteiger partial charge is 0.327 e. The van der Waals surface area contributed by atoms with Crippen molar-refractivity contribution in [2.75, 3.05) is 21.1 Å². The van der Waals surface area contributed by atoms with Gasteiger partial charge < -0.3 is 4.48 Å². The van der Waals surface area contributed by atoms with Crippen molar-refractivity contribution in [3.05, 3.63) is 71.8 Å². The fourth-order valence-electron chi connectivity index (χ4n) is 3.31. The Morgan fingerprint density at radius 1 is 0.750 bits per heavy atom. The molecule has 0 heterocycles.